The van der Waals surface area contributed by atoms with Crippen LogP contribution in [0.2, 0.25) is 0 Å². The number of rotatable bonds is 4. The summed E-state index contributed by atoms with van der Waals surface area (Å²) in [4.78, 5) is 16.7. The van der Waals surface area contributed by atoms with Crippen molar-refractivity contribution < 1.29 is 9.53 Å². The van der Waals surface area contributed by atoms with Crippen LogP contribution in [0, 0.1) is 0 Å². The van der Waals surface area contributed by atoms with Gasteiger partial charge in [-0.25, -0.2) is 4.98 Å². The maximum absolute atomic E-state index is 12.3. The standard InChI is InChI=1S/C17H15N3O2S/c1-22-14-7-3-5-12(9-14)16(21)20-17-19-15(10-23-17)11-4-2-6-13(18)8-11/h2-10H,18H2,1H3,(H,19,20,21). The number of nitrogens with two attached hydrogens (primary N) is 1. The molecule has 0 saturated carbocycles. The molecule has 0 aliphatic heterocycles. The van der Waals surface area contributed by atoms with Gasteiger partial charge in [-0.3, -0.25) is 10.1 Å². The average molecular weight is 325 g/mol. The minimum atomic E-state index is -0.225. The van der Waals surface area contributed by atoms with Gasteiger partial charge in [-0.05, 0) is 30.3 Å². The van der Waals surface area contributed by atoms with Crippen LogP contribution < -0.4 is 15.8 Å². The fourth-order valence-electron chi connectivity index (χ4n) is 2.10. The van der Waals surface area contributed by atoms with Gasteiger partial charge < -0.3 is 10.5 Å². The van der Waals surface area contributed by atoms with Gasteiger partial charge >= 0.3 is 0 Å². The molecular formula is C17H15N3O2S. The van der Waals surface area contributed by atoms with Crippen LogP contribution in [0.1, 0.15) is 10.4 Å². The maximum atomic E-state index is 12.3. The first-order chi connectivity index (χ1) is 11.2. The predicted octanol–water partition coefficient (Wildman–Crippen LogP) is 3.65. The SMILES string of the molecule is COc1cccc(C(=O)Nc2nc(-c3cccc(N)c3)cs2)c1. The number of anilines is 2. The molecule has 1 amide bonds. The average Bonchev–Trinajstić information content (AvgIpc) is 3.03. The summed E-state index contributed by atoms with van der Waals surface area (Å²) in [6.45, 7) is 0. The van der Waals surface area contributed by atoms with E-state index in [2.05, 4.69) is 10.3 Å². The maximum Gasteiger partial charge on any atom is 0.257 e. The molecular weight excluding hydrogens is 310 g/mol. The molecule has 0 bridgehead atoms. The summed E-state index contributed by atoms with van der Waals surface area (Å²) in [5.74, 6) is 0.412. The van der Waals surface area contributed by atoms with Crippen LogP contribution in [-0.4, -0.2) is 18.0 Å². The lowest BCUT2D eigenvalue weighted by atomic mass is 10.1. The van der Waals surface area contributed by atoms with E-state index in [1.54, 1.807) is 31.4 Å². The van der Waals surface area contributed by atoms with Crippen molar-refractivity contribution in [1.82, 2.24) is 4.98 Å². The Bertz CT molecular complexity index is 845. The predicted molar refractivity (Wildman–Crippen MR) is 92.9 cm³/mol. The molecule has 3 rings (SSSR count). The van der Waals surface area contributed by atoms with Crippen LogP contribution in [0.5, 0.6) is 5.75 Å². The molecule has 3 N–H and O–H groups in total. The Labute approximate surface area is 137 Å². The van der Waals surface area contributed by atoms with Gasteiger partial charge in [0.15, 0.2) is 5.13 Å². The minimum absolute atomic E-state index is 0.225. The second-order valence-electron chi connectivity index (χ2n) is 4.85. The Morgan fingerprint density at radius 1 is 1.22 bits per heavy atom. The number of hydrogen-bond acceptors (Lipinski definition) is 5. The van der Waals surface area contributed by atoms with E-state index >= 15 is 0 Å². The lowest BCUT2D eigenvalue weighted by Gasteiger charge is -2.04. The molecule has 6 heteroatoms. The van der Waals surface area contributed by atoms with E-state index in [1.807, 2.05) is 29.6 Å². The summed E-state index contributed by atoms with van der Waals surface area (Å²) in [5, 5.41) is 5.22. The van der Waals surface area contributed by atoms with Gasteiger partial charge in [-0.2, -0.15) is 0 Å². The summed E-state index contributed by atoms with van der Waals surface area (Å²) in [7, 11) is 1.57. The molecule has 3 aromatic rings. The van der Waals surface area contributed by atoms with Crippen LogP contribution >= 0.6 is 11.3 Å². The van der Waals surface area contributed by atoms with Crippen molar-refractivity contribution in [1.29, 1.82) is 0 Å². The molecule has 5 nitrogen and oxygen atoms in total. The minimum Gasteiger partial charge on any atom is -0.497 e. The third kappa shape index (κ3) is 3.49. The number of benzene rings is 2. The number of methoxy groups -OCH3 is 1. The first-order valence-corrected chi connectivity index (χ1v) is 7.80. The van der Waals surface area contributed by atoms with Gasteiger partial charge in [-0.15, -0.1) is 11.3 Å². The Hall–Kier alpha value is -2.86. The Morgan fingerprint density at radius 2 is 2.04 bits per heavy atom. The molecule has 116 valence electrons. The van der Waals surface area contributed by atoms with E-state index in [9.17, 15) is 4.79 Å². The first-order valence-electron chi connectivity index (χ1n) is 6.92. The number of nitrogens with zero attached hydrogens (tertiary/aromatic N) is 1. The van der Waals surface area contributed by atoms with Gasteiger partial charge in [0.05, 0.1) is 12.8 Å². The van der Waals surface area contributed by atoms with Crippen LogP contribution in [0.3, 0.4) is 0 Å². The molecule has 0 aliphatic carbocycles. The van der Waals surface area contributed by atoms with Crippen molar-refractivity contribution in [3.05, 3.63) is 59.5 Å². The molecule has 0 radical (unpaired) electrons. The van der Waals surface area contributed by atoms with E-state index in [4.69, 9.17) is 10.5 Å². The zero-order chi connectivity index (χ0) is 16.2. The van der Waals surface area contributed by atoms with E-state index in [1.165, 1.54) is 11.3 Å². The highest BCUT2D eigenvalue weighted by molar-refractivity contribution is 7.14. The summed E-state index contributed by atoms with van der Waals surface area (Å²) in [5.41, 5.74) is 8.68. The van der Waals surface area contributed by atoms with Gasteiger partial charge in [0, 0.05) is 22.2 Å². The van der Waals surface area contributed by atoms with Crippen LogP contribution in [0.4, 0.5) is 10.8 Å². The number of nitrogen functional groups attached to an aromatic ring is 1. The third-order valence-electron chi connectivity index (χ3n) is 3.24. The van der Waals surface area contributed by atoms with E-state index < -0.39 is 0 Å². The molecule has 0 aliphatic rings. The summed E-state index contributed by atoms with van der Waals surface area (Å²) in [6, 6.07) is 14.4. The second kappa shape index (κ2) is 6.50. The van der Waals surface area contributed by atoms with Gasteiger partial charge in [-0.1, -0.05) is 18.2 Å². The van der Waals surface area contributed by atoms with Crippen LogP contribution in [0.15, 0.2) is 53.9 Å². The third-order valence-corrected chi connectivity index (χ3v) is 4.00. The van der Waals surface area contributed by atoms with E-state index in [0.29, 0.717) is 22.1 Å². The number of ether oxygens (including phenoxy) is 1. The van der Waals surface area contributed by atoms with Gasteiger partial charge in [0.25, 0.3) is 5.91 Å². The number of nitrogens with one attached hydrogen (secondary N) is 1. The summed E-state index contributed by atoms with van der Waals surface area (Å²) in [6.07, 6.45) is 0. The Balaban J connectivity index is 1.77. The number of carbonyl (C=O) groups is 1. The summed E-state index contributed by atoms with van der Waals surface area (Å²) < 4.78 is 5.12. The summed E-state index contributed by atoms with van der Waals surface area (Å²) >= 11 is 1.37. The highest BCUT2D eigenvalue weighted by Gasteiger charge is 2.11. The van der Waals surface area contributed by atoms with Crippen LogP contribution in [0.25, 0.3) is 11.3 Å². The van der Waals surface area contributed by atoms with Crippen molar-refractivity contribution in [2.24, 2.45) is 0 Å². The molecule has 23 heavy (non-hydrogen) atoms. The smallest absolute Gasteiger partial charge is 0.257 e. The monoisotopic (exact) mass is 325 g/mol. The van der Waals surface area contributed by atoms with Gasteiger partial charge in [0.2, 0.25) is 0 Å². The quantitative estimate of drug-likeness (QED) is 0.718. The van der Waals surface area contributed by atoms with E-state index in [-0.39, 0.29) is 5.91 Å². The van der Waals surface area contributed by atoms with Crippen molar-refractivity contribution in [3.8, 4) is 17.0 Å². The highest BCUT2D eigenvalue weighted by atomic mass is 32.1. The number of hydrogen-bond donors (Lipinski definition) is 2. The second-order valence-corrected chi connectivity index (χ2v) is 5.71. The first kappa shape index (κ1) is 15.1. The lowest BCUT2D eigenvalue weighted by Crippen LogP contribution is -2.11. The Morgan fingerprint density at radius 3 is 2.83 bits per heavy atom. The molecule has 1 heterocycles. The molecule has 1 aromatic heterocycles. The number of thiazole rings is 1. The van der Waals surface area contributed by atoms with Crippen molar-refractivity contribution in [3.63, 3.8) is 0 Å². The molecule has 0 saturated heterocycles. The zero-order valence-corrected chi connectivity index (χ0v) is 13.3. The fraction of sp³-hybridized carbons (Fsp3) is 0.0588. The number of amides is 1. The lowest BCUT2D eigenvalue weighted by molar-refractivity contribution is 0.102. The number of aromatic nitrogens is 1. The molecule has 0 unspecified atom stereocenters. The van der Waals surface area contributed by atoms with Crippen molar-refractivity contribution in [2.75, 3.05) is 18.2 Å². The van der Waals surface area contributed by atoms with Gasteiger partial charge in [0.1, 0.15) is 5.75 Å². The number of carbonyl (C=O) groups excluding carboxylic acids is 1. The highest BCUT2D eigenvalue weighted by Crippen LogP contribution is 2.26. The largest absolute Gasteiger partial charge is 0.497 e. The Kier molecular flexibility index (Phi) is 4.25. The molecule has 0 spiro atoms. The molecule has 2 aromatic carbocycles. The molecule has 0 fully saturated rings. The molecule has 0 atom stereocenters. The fourth-order valence-corrected chi connectivity index (χ4v) is 2.81. The normalized spacial score (nSPS) is 10.3. The van der Waals surface area contributed by atoms with Crippen molar-refractivity contribution in [2.45, 2.75) is 0 Å². The zero-order valence-electron chi connectivity index (χ0n) is 12.4. The topological polar surface area (TPSA) is 77.2 Å². The van der Waals surface area contributed by atoms with Crippen LogP contribution in [-0.2, 0) is 0 Å². The van der Waals surface area contributed by atoms with Crippen molar-refractivity contribution >= 4 is 28.1 Å². The van der Waals surface area contributed by atoms with E-state index in [0.717, 1.165) is 11.3 Å².